The Hall–Kier alpha value is -3.91. The van der Waals surface area contributed by atoms with Gasteiger partial charge in [-0.2, -0.15) is 0 Å². The zero-order chi connectivity index (χ0) is 25.1. The minimum absolute atomic E-state index is 0.00761. The Balaban J connectivity index is 1.40. The highest BCUT2D eigenvalue weighted by atomic mass is 32.1. The van der Waals surface area contributed by atoms with Gasteiger partial charge in [0.05, 0.1) is 10.9 Å². The Morgan fingerprint density at radius 2 is 2.00 bits per heavy atom. The quantitative estimate of drug-likeness (QED) is 0.374. The second-order valence-corrected chi connectivity index (χ2v) is 9.89. The van der Waals surface area contributed by atoms with E-state index >= 15 is 0 Å². The number of hydrogen-bond acceptors (Lipinski definition) is 6. The summed E-state index contributed by atoms with van der Waals surface area (Å²) in [4.78, 5) is 32.5. The highest BCUT2D eigenvalue weighted by Crippen LogP contribution is 2.38. The lowest BCUT2D eigenvalue weighted by molar-refractivity contribution is 0.0699. The van der Waals surface area contributed by atoms with Crippen molar-refractivity contribution in [3.05, 3.63) is 105 Å². The number of hydrogen-bond donors (Lipinski definition) is 1. The van der Waals surface area contributed by atoms with E-state index in [1.807, 2.05) is 66.6 Å². The molecule has 0 spiro atoms. The number of thiophene rings is 1. The van der Waals surface area contributed by atoms with E-state index in [9.17, 15) is 9.59 Å². The van der Waals surface area contributed by atoms with Gasteiger partial charge in [0, 0.05) is 12.6 Å². The van der Waals surface area contributed by atoms with Gasteiger partial charge < -0.3 is 19.4 Å². The van der Waals surface area contributed by atoms with E-state index in [2.05, 4.69) is 28.5 Å². The Labute approximate surface area is 213 Å². The first-order valence-electron chi connectivity index (χ1n) is 11.9. The van der Waals surface area contributed by atoms with E-state index in [-0.39, 0.29) is 36.2 Å². The summed E-state index contributed by atoms with van der Waals surface area (Å²) >= 11 is 1.46. The van der Waals surface area contributed by atoms with Crippen LogP contribution in [0.3, 0.4) is 0 Å². The first kappa shape index (κ1) is 23.8. The molecule has 184 valence electrons. The normalized spacial score (nSPS) is 15.0. The molecule has 0 radical (unpaired) electrons. The van der Waals surface area contributed by atoms with Crippen molar-refractivity contribution in [1.29, 1.82) is 0 Å². The van der Waals surface area contributed by atoms with Gasteiger partial charge >= 0.3 is 0 Å². The van der Waals surface area contributed by atoms with E-state index in [4.69, 9.17) is 9.15 Å². The first-order valence-corrected chi connectivity index (χ1v) is 12.8. The molecule has 0 saturated carbocycles. The molecule has 8 heteroatoms. The van der Waals surface area contributed by atoms with Crippen LogP contribution in [0.5, 0.6) is 5.75 Å². The predicted octanol–water partition coefficient (Wildman–Crippen LogP) is 5.24. The van der Waals surface area contributed by atoms with Crippen LogP contribution in [0.4, 0.5) is 0 Å². The fraction of sp³-hybridized carbons (Fsp3) is 0.250. The SMILES string of the molecule is CC(C)NC(=O)c1coc(COc2ccc3c(c2)C(c2ccccc2)N(C(=O)c2cccs2)CC3)n1. The number of carbonyl (C=O) groups is 2. The number of carbonyl (C=O) groups excluding carboxylic acids is 2. The van der Waals surface area contributed by atoms with Crippen LogP contribution in [-0.4, -0.2) is 34.3 Å². The van der Waals surface area contributed by atoms with E-state index in [1.165, 1.54) is 23.2 Å². The standard InChI is InChI=1S/C28H27N3O4S/c1-18(2)29-27(32)23-16-35-25(30-23)17-34-21-11-10-19-12-13-31(28(33)24-9-6-14-36-24)26(22(19)15-21)20-7-4-3-5-8-20/h3-11,14-16,18,26H,12-13,17H2,1-2H3,(H,29,32). The van der Waals surface area contributed by atoms with Crippen molar-refractivity contribution in [3.63, 3.8) is 0 Å². The van der Waals surface area contributed by atoms with E-state index < -0.39 is 0 Å². The lowest BCUT2D eigenvalue weighted by Gasteiger charge is -2.37. The third-order valence-electron chi connectivity index (χ3n) is 6.02. The molecule has 0 aliphatic carbocycles. The average Bonchev–Trinajstić information content (AvgIpc) is 3.59. The Morgan fingerprint density at radius 3 is 2.75 bits per heavy atom. The zero-order valence-electron chi connectivity index (χ0n) is 20.1. The molecule has 7 nitrogen and oxygen atoms in total. The second-order valence-electron chi connectivity index (χ2n) is 8.94. The van der Waals surface area contributed by atoms with Gasteiger partial charge in [-0.1, -0.05) is 42.5 Å². The number of fused-ring (bicyclic) bond motifs is 1. The number of nitrogens with zero attached hydrogens (tertiary/aromatic N) is 2. The Bertz CT molecular complexity index is 1350. The molecule has 3 heterocycles. The summed E-state index contributed by atoms with van der Waals surface area (Å²) in [6.07, 6.45) is 2.10. The fourth-order valence-corrected chi connectivity index (χ4v) is 5.08. The van der Waals surface area contributed by atoms with E-state index in [0.29, 0.717) is 18.2 Å². The highest BCUT2D eigenvalue weighted by Gasteiger charge is 2.33. The van der Waals surface area contributed by atoms with Gasteiger partial charge in [0.2, 0.25) is 5.89 Å². The van der Waals surface area contributed by atoms with Crippen molar-refractivity contribution in [2.45, 2.75) is 39.0 Å². The highest BCUT2D eigenvalue weighted by molar-refractivity contribution is 7.12. The van der Waals surface area contributed by atoms with Crippen molar-refractivity contribution in [2.75, 3.05) is 6.54 Å². The maximum atomic E-state index is 13.4. The van der Waals surface area contributed by atoms with Gasteiger partial charge in [-0.3, -0.25) is 9.59 Å². The van der Waals surface area contributed by atoms with Gasteiger partial charge in [-0.05, 0) is 60.5 Å². The topological polar surface area (TPSA) is 84.7 Å². The van der Waals surface area contributed by atoms with Crippen LogP contribution >= 0.6 is 11.3 Å². The van der Waals surface area contributed by atoms with Gasteiger partial charge in [0.25, 0.3) is 11.8 Å². The van der Waals surface area contributed by atoms with Gasteiger partial charge in [-0.25, -0.2) is 4.98 Å². The molecular weight excluding hydrogens is 474 g/mol. The van der Waals surface area contributed by atoms with Crippen molar-refractivity contribution >= 4 is 23.2 Å². The molecule has 2 aromatic heterocycles. The lowest BCUT2D eigenvalue weighted by Crippen LogP contribution is -2.40. The second kappa shape index (κ2) is 10.4. The molecule has 0 saturated heterocycles. The van der Waals surface area contributed by atoms with Crippen LogP contribution in [0.15, 0.2) is 76.7 Å². The van der Waals surface area contributed by atoms with Crippen molar-refractivity contribution in [3.8, 4) is 5.75 Å². The molecule has 0 bridgehead atoms. The van der Waals surface area contributed by atoms with Crippen LogP contribution in [-0.2, 0) is 13.0 Å². The minimum atomic E-state index is -0.282. The van der Waals surface area contributed by atoms with Crippen LogP contribution in [0.2, 0.25) is 0 Å². The molecular formula is C28H27N3O4S. The number of nitrogens with one attached hydrogen (secondary N) is 1. The van der Waals surface area contributed by atoms with Crippen molar-refractivity contribution in [1.82, 2.24) is 15.2 Å². The monoisotopic (exact) mass is 501 g/mol. The van der Waals surface area contributed by atoms with Gasteiger partial charge in [-0.15, -0.1) is 11.3 Å². The molecule has 1 atom stereocenters. The number of benzene rings is 2. The van der Waals surface area contributed by atoms with Crippen molar-refractivity contribution < 1.29 is 18.7 Å². The van der Waals surface area contributed by atoms with E-state index in [0.717, 1.165) is 22.4 Å². The summed E-state index contributed by atoms with van der Waals surface area (Å²) in [6.45, 7) is 4.49. The summed E-state index contributed by atoms with van der Waals surface area (Å²) in [5, 5.41) is 4.72. The summed E-state index contributed by atoms with van der Waals surface area (Å²) in [5.74, 6) is 0.708. The summed E-state index contributed by atoms with van der Waals surface area (Å²) in [7, 11) is 0. The minimum Gasteiger partial charge on any atom is -0.484 e. The third kappa shape index (κ3) is 5.04. The number of amides is 2. The zero-order valence-corrected chi connectivity index (χ0v) is 21.0. The summed E-state index contributed by atoms with van der Waals surface area (Å²) in [6, 6.07) is 19.6. The third-order valence-corrected chi connectivity index (χ3v) is 6.88. The molecule has 2 amide bonds. The van der Waals surface area contributed by atoms with Crippen LogP contribution in [0.1, 0.15) is 62.6 Å². The lowest BCUT2D eigenvalue weighted by atomic mass is 9.88. The predicted molar refractivity (Wildman–Crippen MR) is 137 cm³/mol. The molecule has 0 fully saturated rings. The largest absolute Gasteiger partial charge is 0.484 e. The molecule has 1 N–H and O–H groups in total. The van der Waals surface area contributed by atoms with Gasteiger partial charge in [0.1, 0.15) is 12.0 Å². The molecule has 1 unspecified atom stereocenters. The summed E-state index contributed by atoms with van der Waals surface area (Å²) in [5.41, 5.74) is 3.50. The fourth-order valence-electron chi connectivity index (χ4n) is 4.40. The Kier molecular flexibility index (Phi) is 6.86. The number of ether oxygens (including phenoxy) is 1. The maximum Gasteiger partial charge on any atom is 0.273 e. The number of aromatic nitrogens is 1. The molecule has 36 heavy (non-hydrogen) atoms. The van der Waals surface area contributed by atoms with Crippen LogP contribution < -0.4 is 10.1 Å². The molecule has 1 aliphatic heterocycles. The molecule has 4 aromatic rings. The first-order chi connectivity index (χ1) is 17.5. The molecule has 5 rings (SSSR count). The van der Waals surface area contributed by atoms with Crippen molar-refractivity contribution in [2.24, 2.45) is 0 Å². The average molecular weight is 502 g/mol. The van der Waals surface area contributed by atoms with Crippen LogP contribution in [0, 0.1) is 0 Å². The Morgan fingerprint density at radius 1 is 1.17 bits per heavy atom. The van der Waals surface area contributed by atoms with E-state index in [1.54, 1.807) is 0 Å². The number of oxazole rings is 1. The smallest absolute Gasteiger partial charge is 0.273 e. The molecule has 2 aromatic carbocycles. The maximum absolute atomic E-state index is 13.4. The van der Waals surface area contributed by atoms with Crippen LogP contribution in [0.25, 0.3) is 0 Å². The number of rotatable bonds is 7. The summed E-state index contributed by atoms with van der Waals surface area (Å²) < 4.78 is 11.4. The van der Waals surface area contributed by atoms with Gasteiger partial charge in [0.15, 0.2) is 12.3 Å². The molecule has 1 aliphatic rings.